The molecular weight excluding hydrogens is 273 g/mol. The first-order valence-corrected chi connectivity index (χ1v) is 6.99. The molecular formula is C16H16FNO3. The summed E-state index contributed by atoms with van der Waals surface area (Å²) in [6.45, 7) is 1.59. The molecule has 0 spiro atoms. The van der Waals surface area contributed by atoms with Gasteiger partial charge in [-0.2, -0.15) is 0 Å². The van der Waals surface area contributed by atoms with Crippen LogP contribution in [0.5, 0.6) is 0 Å². The van der Waals surface area contributed by atoms with E-state index >= 15 is 0 Å². The lowest BCUT2D eigenvalue weighted by molar-refractivity contribution is -0.153. The molecule has 1 aromatic carbocycles. The van der Waals surface area contributed by atoms with Gasteiger partial charge in [0, 0.05) is 18.5 Å². The van der Waals surface area contributed by atoms with E-state index in [1.54, 1.807) is 24.3 Å². The van der Waals surface area contributed by atoms with E-state index in [9.17, 15) is 14.0 Å². The summed E-state index contributed by atoms with van der Waals surface area (Å²) in [5.74, 6) is -1.87. The SMILES string of the molecule is O=C(OCC1=CCNCC1)C1(F)Cc2ccccc2C1=O. The minimum atomic E-state index is -2.57. The molecule has 110 valence electrons. The van der Waals surface area contributed by atoms with Gasteiger partial charge < -0.3 is 10.1 Å². The predicted octanol–water partition coefficient (Wildman–Crippen LogP) is 1.60. The van der Waals surface area contributed by atoms with Gasteiger partial charge in [-0.15, -0.1) is 0 Å². The van der Waals surface area contributed by atoms with E-state index in [1.165, 1.54) is 0 Å². The van der Waals surface area contributed by atoms with E-state index in [4.69, 9.17) is 4.74 Å². The van der Waals surface area contributed by atoms with Gasteiger partial charge in [0.05, 0.1) is 0 Å². The number of halogens is 1. The fourth-order valence-corrected chi connectivity index (χ4v) is 2.69. The molecule has 1 aliphatic carbocycles. The van der Waals surface area contributed by atoms with Crippen molar-refractivity contribution in [1.82, 2.24) is 5.32 Å². The molecule has 0 radical (unpaired) electrons. The van der Waals surface area contributed by atoms with Crippen LogP contribution in [0.15, 0.2) is 35.9 Å². The third kappa shape index (κ3) is 2.49. The first-order chi connectivity index (χ1) is 10.1. The van der Waals surface area contributed by atoms with E-state index in [1.807, 2.05) is 6.08 Å². The number of ketones is 1. The van der Waals surface area contributed by atoms with Gasteiger partial charge in [-0.3, -0.25) is 4.79 Å². The molecule has 1 unspecified atom stereocenters. The average Bonchev–Trinajstić information content (AvgIpc) is 2.79. The van der Waals surface area contributed by atoms with Gasteiger partial charge in [0.15, 0.2) is 0 Å². The maximum Gasteiger partial charge on any atom is 0.352 e. The van der Waals surface area contributed by atoms with Crippen LogP contribution in [0.3, 0.4) is 0 Å². The third-order valence-corrected chi connectivity index (χ3v) is 3.93. The Labute approximate surface area is 122 Å². The second-order valence-electron chi connectivity index (χ2n) is 5.36. The van der Waals surface area contributed by atoms with Gasteiger partial charge in [-0.1, -0.05) is 30.3 Å². The summed E-state index contributed by atoms with van der Waals surface area (Å²) in [6.07, 6.45) is 2.45. The lowest BCUT2D eigenvalue weighted by Gasteiger charge is -2.18. The largest absolute Gasteiger partial charge is 0.458 e. The number of rotatable bonds is 3. The maximum atomic E-state index is 14.8. The highest BCUT2D eigenvalue weighted by molar-refractivity contribution is 6.18. The Morgan fingerprint density at radius 1 is 1.38 bits per heavy atom. The molecule has 1 atom stereocenters. The number of nitrogens with one attached hydrogen (secondary N) is 1. The van der Waals surface area contributed by atoms with Gasteiger partial charge in [-0.05, 0) is 24.1 Å². The zero-order valence-corrected chi connectivity index (χ0v) is 11.5. The molecule has 0 fully saturated rings. The molecule has 2 aliphatic rings. The third-order valence-electron chi connectivity index (χ3n) is 3.93. The van der Waals surface area contributed by atoms with Crippen molar-refractivity contribution in [3.05, 3.63) is 47.0 Å². The van der Waals surface area contributed by atoms with Crippen molar-refractivity contribution in [3.8, 4) is 0 Å². The van der Waals surface area contributed by atoms with E-state index in [2.05, 4.69) is 5.32 Å². The Bertz CT molecular complexity index is 626. The number of fused-ring (bicyclic) bond motifs is 1. The molecule has 0 saturated heterocycles. The van der Waals surface area contributed by atoms with Gasteiger partial charge in [0.1, 0.15) is 6.61 Å². The summed E-state index contributed by atoms with van der Waals surface area (Å²) in [6, 6.07) is 6.59. The Morgan fingerprint density at radius 2 is 2.19 bits per heavy atom. The molecule has 21 heavy (non-hydrogen) atoms. The number of ether oxygens (including phenoxy) is 1. The van der Waals surface area contributed by atoms with Crippen molar-refractivity contribution in [3.63, 3.8) is 0 Å². The predicted molar refractivity (Wildman–Crippen MR) is 74.8 cm³/mol. The highest BCUT2D eigenvalue weighted by Gasteiger charge is 2.53. The Kier molecular flexibility index (Phi) is 3.59. The topological polar surface area (TPSA) is 55.4 Å². The van der Waals surface area contributed by atoms with Crippen molar-refractivity contribution in [2.45, 2.75) is 18.5 Å². The van der Waals surface area contributed by atoms with Crippen molar-refractivity contribution in [2.75, 3.05) is 19.7 Å². The van der Waals surface area contributed by atoms with Crippen LogP contribution in [0, 0.1) is 0 Å². The van der Waals surface area contributed by atoms with E-state index in [0.29, 0.717) is 5.56 Å². The summed E-state index contributed by atoms with van der Waals surface area (Å²) in [4.78, 5) is 24.1. The van der Waals surface area contributed by atoms with E-state index in [0.717, 1.165) is 25.1 Å². The summed E-state index contributed by atoms with van der Waals surface area (Å²) in [7, 11) is 0. The zero-order valence-electron chi connectivity index (χ0n) is 11.5. The second kappa shape index (κ2) is 5.41. The highest BCUT2D eigenvalue weighted by atomic mass is 19.1. The molecule has 0 bridgehead atoms. The molecule has 0 amide bonds. The van der Waals surface area contributed by atoms with E-state index in [-0.39, 0.29) is 18.6 Å². The Hall–Kier alpha value is -2.01. The molecule has 1 aliphatic heterocycles. The molecule has 1 aromatic rings. The van der Waals surface area contributed by atoms with Gasteiger partial charge in [-0.25, -0.2) is 9.18 Å². The number of carbonyl (C=O) groups is 2. The summed E-state index contributed by atoms with van der Waals surface area (Å²) < 4.78 is 19.8. The van der Waals surface area contributed by atoms with Gasteiger partial charge in [0.2, 0.25) is 5.78 Å². The van der Waals surface area contributed by atoms with Gasteiger partial charge >= 0.3 is 5.97 Å². The quantitative estimate of drug-likeness (QED) is 0.522. The molecule has 1 N–H and O–H groups in total. The van der Waals surface area contributed by atoms with Gasteiger partial charge in [0.25, 0.3) is 5.67 Å². The molecule has 3 rings (SSSR count). The van der Waals surface area contributed by atoms with Crippen molar-refractivity contribution in [2.24, 2.45) is 0 Å². The number of benzene rings is 1. The van der Waals surface area contributed by atoms with E-state index < -0.39 is 17.4 Å². The molecule has 4 nitrogen and oxygen atoms in total. The lowest BCUT2D eigenvalue weighted by Crippen LogP contribution is -2.42. The summed E-state index contributed by atoms with van der Waals surface area (Å²) >= 11 is 0. The van der Waals surface area contributed by atoms with Crippen LogP contribution in [0.1, 0.15) is 22.3 Å². The normalized spacial score (nSPS) is 24.4. The monoisotopic (exact) mass is 289 g/mol. The number of hydrogen-bond donors (Lipinski definition) is 1. The Balaban J connectivity index is 1.70. The minimum absolute atomic E-state index is 0.0514. The fourth-order valence-electron chi connectivity index (χ4n) is 2.69. The van der Waals surface area contributed by atoms with Crippen LogP contribution < -0.4 is 5.32 Å². The number of hydrogen-bond acceptors (Lipinski definition) is 4. The first-order valence-electron chi connectivity index (χ1n) is 6.99. The summed E-state index contributed by atoms with van der Waals surface area (Å²) in [5, 5.41) is 3.14. The number of alkyl halides is 1. The standard InChI is InChI=1S/C16H16FNO3/c17-16(9-12-3-1-2-4-13(12)14(16)19)15(20)21-10-11-5-7-18-8-6-11/h1-5,18H,6-10H2. The van der Waals surface area contributed by atoms with Crippen LogP contribution in [0.25, 0.3) is 0 Å². The first kappa shape index (κ1) is 13.9. The Morgan fingerprint density at radius 3 is 2.90 bits per heavy atom. The number of esters is 1. The maximum absolute atomic E-state index is 14.8. The van der Waals surface area contributed by atoms with Crippen molar-refractivity contribution < 1.29 is 18.7 Å². The highest BCUT2D eigenvalue weighted by Crippen LogP contribution is 2.34. The van der Waals surface area contributed by atoms with Crippen LogP contribution in [0.4, 0.5) is 4.39 Å². The second-order valence-corrected chi connectivity index (χ2v) is 5.36. The van der Waals surface area contributed by atoms with Crippen LogP contribution in [-0.2, 0) is 16.0 Å². The molecule has 5 heteroatoms. The number of Topliss-reactive ketones (excluding diaryl/α,β-unsaturated/α-hetero) is 1. The molecule has 0 aromatic heterocycles. The smallest absolute Gasteiger partial charge is 0.352 e. The van der Waals surface area contributed by atoms with Crippen LogP contribution in [0.2, 0.25) is 0 Å². The fraction of sp³-hybridized carbons (Fsp3) is 0.375. The lowest BCUT2D eigenvalue weighted by atomic mass is 10.0. The van der Waals surface area contributed by atoms with Crippen LogP contribution >= 0.6 is 0 Å². The van der Waals surface area contributed by atoms with Crippen molar-refractivity contribution in [1.29, 1.82) is 0 Å². The molecule has 1 heterocycles. The number of carbonyl (C=O) groups excluding carboxylic acids is 2. The van der Waals surface area contributed by atoms with Crippen LogP contribution in [-0.4, -0.2) is 37.1 Å². The molecule has 0 saturated carbocycles. The minimum Gasteiger partial charge on any atom is -0.458 e. The van der Waals surface area contributed by atoms with Crippen molar-refractivity contribution >= 4 is 11.8 Å². The average molecular weight is 289 g/mol. The zero-order chi connectivity index (χ0) is 14.9. The summed E-state index contributed by atoms with van der Waals surface area (Å²) in [5.41, 5.74) is -0.785.